The van der Waals surface area contributed by atoms with E-state index in [1.165, 1.54) is 0 Å². The zero-order valence-corrected chi connectivity index (χ0v) is 6.66. The number of aromatic amines is 1. The number of nitrogens with zero attached hydrogens (tertiary/aromatic N) is 2. The highest BCUT2D eigenvalue weighted by Gasteiger charge is 2.11. The summed E-state index contributed by atoms with van der Waals surface area (Å²) in [6, 6.07) is 0. The molecule has 0 radical (unpaired) electrons. The summed E-state index contributed by atoms with van der Waals surface area (Å²) in [7, 11) is 0. The average Bonchev–Trinajstić information content (AvgIpc) is 1.85. The number of rotatable bonds is 1. The quantitative estimate of drug-likeness (QED) is 0.422. The predicted octanol–water partition coefficient (Wildman–Crippen LogP) is 0.441. The Morgan fingerprint density at radius 3 is 2.82 bits per heavy atom. The molecule has 1 heterocycles. The molecule has 0 bridgehead atoms. The fourth-order valence-electron chi connectivity index (χ4n) is 0.496. The number of H-pyrrole nitrogens is 1. The first kappa shape index (κ1) is 7.86. The number of hydrogen-bond acceptors (Lipinski definition) is 4. The van der Waals surface area contributed by atoms with Crippen molar-refractivity contribution in [2.24, 2.45) is 0 Å². The van der Waals surface area contributed by atoms with Gasteiger partial charge < -0.3 is 0 Å². The molecule has 0 spiro atoms. The number of nitro groups is 1. The van der Waals surface area contributed by atoms with Crippen molar-refractivity contribution in [3.05, 3.63) is 31.4 Å². The molecule has 1 aromatic heterocycles. The third-order valence-electron chi connectivity index (χ3n) is 0.946. The average molecular weight is 220 g/mol. The van der Waals surface area contributed by atoms with Crippen molar-refractivity contribution in [2.45, 2.75) is 0 Å². The van der Waals surface area contributed by atoms with E-state index < -0.39 is 16.2 Å². The lowest BCUT2D eigenvalue weighted by Gasteiger charge is -1.88. The van der Waals surface area contributed by atoms with Crippen molar-refractivity contribution in [3.63, 3.8) is 0 Å². The van der Waals surface area contributed by atoms with E-state index in [1.807, 2.05) is 0 Å². The first-order valence-corrected chi connectivity index (χ1v) is 3.30. The maximum absolute atomic E-state index is 10.7. The predicted molar refractivity (Wildman–Crippen MR) is 39.2 cm³/mol. The summed E-state index contributed by atoms with van der Waals surface area (Å²) in [6.45, 7) is 0. The number of nitrogens with one attached hydrogen (secondary N) is 1. The summed E-state index contributed by atoms with van der Waals surface area (Å²) in [5.74, 6) is 0. The molecule has 0 aliphatic heterocycles. The molecule has 7 heteroatoms. The molecular formula is C4H2BrN3O3. The van der Waals surface area contributed by atoms with E-state index in [9.17, 15) is 14.9 Å². The van der Waals surface area contributed by atoms with Crippen LogP contribution in [0.5, 0.6) is 0 Å². The van der Waals surface area contributed by atoms with Crippen LogP contribution < -0.4 is 5.56 Å². The highest BCUT2D eigenvalue weighted by atomic mass is 79.9. The molecule has 0 saturated heterocycles. The van der Waals surface area contributed by atoms with Gasteiger partial charge in [-0.2, -0.15) is 0 Å². The van der Waals surface area contributed by atoms with Gasteiger partial charge in [-0.1, -0.05) is 0 Å². The second-order valence-electron chi connectivity index (χ2n) is 1.65. The van der Waals surface area contributed by atoms with Gasteiger partial charge in [0.15, 0.2) is 4.73 Å². The minimum atomic E-state index is -0.793. The Labute approximate surface area is 68.6 Å². The summed E-state index contributed by atoms with van der Waals surface area (Å²) < 4.78 is 0.174. The van der Waals surface area contributed by atoms with Crippen LogP contribution in [0.4, 0.5) is 5.69 Å². The van der Waals surface area contributed by atoms with Gasteiger partial charge in [0.2, 0.25) is 0 Å². The van der Waals surface area contributed by atoms with Crippen LogP contribution in [0.1, 0.15) is 0 Å². The van der Waals surface area contributed by atoms with Crippen LogP contribution >= 0.6 is 15.9 Å². The van der Waals surface area contributed by atoms with E-state index in [0.29, 0.717) is 0 Å². The fourth-order valence-corrected chi connectivity index (χ4v) is 0.779. The minimum absolute atomic E-state index is 0.174. The Kier molecular flexibility index (Phi) is 1.99. The van der Waals surface area contributed by atoms with Crippen molar-refractivity contribution in [1.82, 2.24) is 9.97 Å². The maximum atomic E-state index is 10.7. The van der Waals surface area contributed by atoms with Crippen molar-refractivity contribution >= 4 is 21.6 Å². The molecule has 0 aliphatic rings. The lowest BCUT2D eigenvalue weighted by molar-refractivity contribution is -0.386. The van der Waals surface area contributed by atoms with Crippen molar-refractivity contribution in [2.75, 3.05) is 0 Å². The summed E-state index contributed by atoms with van der Waals surface area (Å²) in [5, 5.41) is 10.1. The Bertz CT molecular complexity index is 347. The zero-order valence-electron chi connectivity index (χ0n) is 5.07. The Balaban J connectivity index is 3.32. The smallest absolute Gasteiger partial charge is 0.295 e. The SMILES string of the molecule is O=c1[nH]c(Br)ncc1[N+](=O)[O-]. The molecule has 0 fully saturated rings. The van der Waals surface area contributed by atoms with E-state index in [-0.39, 0.29) is 4.73 Å². The number of aromatic nitrogens is 2. The van der Waals surface area contributed by atoms with E-state index >= 15 is 0 Å². The number of halogens is 1. The third kappa shape index (κ3) is 1.61. The summed E-state index contributed by atoms with van der Waals surface area (Å²) in [5.41, 5.74) is -1.33. The van der Waals surface area contributed by atoms with Crippen LogP contribution in [0.2, 0.25) is 0 Å². The monoisotopic (exact) mass is 219 g/mol. The van der Waals surface area contributed by atoms with E-state index in [2.05, 4.69) is 25.9 Å². The first-order chi connectivity index (χ1) is 5.11. The summed E-state index contributed by atoms with van der Waals surface area (Å²) in [6.07, 6.45) is 0.892. The van der Waals surface area contributed by atoms with Crippen LogP contribution in [0, 0.1) is 10.1 Å². The normalized spacial score (nSPS) is 9.55. The molecule has 0 aromatic carbocycles. The fraction of sp³-hybridized carbons (Fsp3) is 0. The summed E-state index contributed by atoms with van der Waals surface area (Å²) in [4.78, 5) is 25.6. The van der Waals surface area contributed by atoms with Gasteiger partial charge in [-0.05, 0) is 15.9 Å². The standard InChI is InChI=1S/C4H2BrN3O3/c5-4-6-1-2(8(10)11)3(9)7-4/h1H,(H,6,7,9). The van der Waals surface area contributed by atoms with Gasteiger partial charge in [0.1, 0.15) is 6.20 Å². The van der Waals surface area contributed by atoms with E-state index in [4.69, 9.17) is 0 Å². The zero-order chi connectivity index (χ0) is 8.43. The van der Waals surface area contributed by atoms with Gasteiger partial charge in [0.25, 0.3) is 0 Å². The van der Waals surface area contributed by atoms with Crippen LogP contribution in [0.3, 0.4) is 0 Å². The van der Waals surface area contributed by atoms with Crippen molar-refractivity contribution in [1.29, 1.82) is 0 Å². The Hall–Kier alpha value is -1.24. The second-order valence-corrected chi connectivity index (χ2v) is 2.40. The van der Waals surface area contributed by atoms with Gasteiger partial charge in [-0.15, -0.1) is 0 Å². The Morgan fingerprint density at radius 1 is 1.73 bits per heavy atom. The molecule has 11 heavy (non-hydrogen) atoms. The highest BCUT2D eigenvalue weighted by Crippen LogP contribution is 2.02. The van der Waals surface area contributed by atoms with Gasteiger partial charge in [0, 0.05) is 0 Å². The van der Waals surface area contributed by atoms with Crippen LogP contribution in [0.25, 0.3) is 0 Å². The lowest BCUT2D eigenvalue weighted by atomic mass is 10.5. The van der Waals surface area contributed by atoms with Crippen LogP contribution in [-0.4, -0.2) is 14.9 Å². The van der Waals surface area contributed by atoms with Crippen molar-refractivity contribution < 1.29 is 4.92 Å². The largest absolute Gasteiger partial charge is 0.352 e. The first-order valence-electron chi connectivity index (χ1n) is 2.50. The van der Waals surface area contributed by atoms with Gasteiger partial charge in [0.05, 0.1) is 4.92 Å². The molecule has 0 saturated carbocycles. The third-order valence-corrected chi connectivity index (χ3v) is 1.35. The lowest BCUT2D eigenvalue weighted by Crippen LogP contribution is -2.12. The van der Waals surface area contributed by atoms with E-state index in [1.54, 1.807) is 0 Å². The molecule has 0 aliphatic carbocycles. The minimum Gasteiger partial charge on any atom is -0.295 e. The molecule has 0 atom stereocenters. The molecule has 6 nitrogen and oxygen atoms in total. The molecule has 58 valence electrons. The second kappa shape index (κ2) is 2.79. The van der Waals surface area contributed by atoms with Crippen LogP contribution in [0.15, 0.2) is 15.7 Å². The van der Waals surface area contributed by atoms with Gasteiger partial charge in [-0.3, -0.25) is 19.9 Å². The van der Waals surface area contributed by atoms with E-state index in [0.717, 1.165) is 6.20 Å². The maximum Gasteiger partial charge on any atom is 0.352 e. The highest BCUT2D eigenvalue weighted by molar-refractivity contribution is 9.10. The van der Waals surface area contributed by atoms with Crippen LogP contribution in [-0.2, 0) is 0 Å². The molecule has 1 aromatic rings. The summed E-state index contributed by atoms with van der Waals surface area (Å²) >= 11 is 2.86. The topological polar surface area (TPSA) is 88.9 Å². The molecular weight excluding hydrogens is 218 g/mol. The molecule has 1 N–H and O–H groups in total. The van der Waals surface area contributed by atoms with Gasteiger partial charge in [-0.25, -0.2) is 4.98 Å². The molecule has 1 rings (SSSR count). The number of hydrogen-bond donors (Lipinski definition) is 1. The Morgan fingerprint density at radius 2 is 2.36 bits per heavy atom. The van der Waals surface area contributed by atoms with Crippen molar-refractivity contribution in [3.8, 4) is 0 Å². The molecule has 0 unspecified atom stereocenters. The van der Waals surface area contributed by atoms with Gasteiger partial charge >= 0.3 is 11.2 Å². The molecule has 0 amide bonds.